The van der Waals surface area contributed by atoms with Gasteiger partial charge in [0.05, 0.1) is 11.6 Å². The molecule has 0 atom stereocenters. The fraction of sp³-hybridized carbons (Fsp3) is 0.538. The summed E-state index contributed by atoms with van der Waals surface area (Å²) in [6.45, 7) is 12.5. The molecule has 2 aliphatic rings. The predicted molar refractivity (Wildman–Crippen MR) is 134 cm³/mol. The smallest absolute Gasteiger partial charge is 0.289 e. The van der Waals surface area contributed by atoms with Crippen LogP contribution in [0.3, 0.4) is 0 Å². The second kappa shape index (κ2) is 9.60. The van der Waals surface area contributed by atoms with Crippen molar-refractivity contribution < 1.29 is 19.1 Å². The molecule has 2 N–H and O–H groups in total. The highest BCUT2D eigenvalue weighted by molar-refractivity contribution is 7.09. The number of likely N-dealkylation sites (tertiary alicyclic amines) is 1. The number of amides is 3. The summed E-state index contributed by atoms with van der Waals surface area (Å²) in [5.74, 6) is 0.260. The Morgan fingerprint density at radius 3 is 2.37 bits per heavy atom. The Labute approximate surface area is 210 Å². The maximum absolute atomic E-state index is 13.0. The molecule has 0 spiro atoms. The number of piperidine rings is 1. The minimum Gasteiger partial charge on any atom is -0.494 e. The lowest BCUT2D eigenvalue weighted by atomic mass is 9.96. The molecule has 2 heterocycles. The molecule has 2 aromatic rings. The third kappa shape index (κ3) is 4.91. The number of nitrogens with zero attached hydrogens (tertiary/aromatic N) is 2. The first-order chi connectivity index (χ1) is 16.6. The van der Waals surface area contributed by atoms with Crippen molar-refractivity contribution in [3.63, 3.8) is 0 Å². The zero-order valence-corrected chi connectivity index (χ0v) is 21.8. The van der Waals surface area contributed by atoms with Crippen LogP contribution in [0.1, 0.15) is 79.2 Å². The molecule has 1 saturated heterocycles. The lowest BCUT2D eigenvalue weighted by molar-refractivity contribution is -0.134. The molecule has 1 aliphatic carbocycles. The van der Waals surface area contributed by atoms with E-state index in [-0.39, 0.29) is 34.3 Å². The van der Waals surface area contributed by atoms with Gasteiger partial charge in [0.15, 0.2) is 0 Å². The largest absolute Gasteiger partial charge is 0.494 e. The van der Waals surface area contributed by atoms with E-state index in [0.717, 1.165) is 17.8 Å². The van der Waals surface area contributed by atoms with E-state index in [9.17, 15) is 14.4 Å². The number of aromatic nitrogens is 1. The van der Waals surface area contributed by atoms with Crippen molar-refractivity contribution in [2.24, 2.45) is 16.7 Å². The van der Waals surface area contributed by atoms with Gasteiger partial charge in [-0.2, -0.15) is 0 Å². The number of ether oxygens (including phenoxy) is 1. The molecule has 1 saturated carbocycles. The van der Waals surface area contributed by atoms with E-state index >= 15 is 0 Å². The molecular weight excluding hydrogens is 464 g/mol. The first-order valence-corrected chi connectivity index (χ1v) is 13.0. The Bertz CT molecular complexity index is 1100. The van der Waals surface area contributed by atoms with Gasteiger partial charge in [0, 0.05) is 35.9 Å². The number of hydrogen-bond acceptors (Lipinski definition) is 6. The molecule has 35 heavy (non-hydrogen) atoms. The van der Waals surface area contributed by atoms with Crippen molar-refractivity contribution in [3.8, 4) is 5.75 Å². The van der Waals surface area contributed by atoms with E-state index in [1.54, 1.807) is 29.6 Å². The quantitative estimate of drug-likeness (QED) is 0.586. The summed E-state index contributed by atoms with van der Waals surface area (Å²) in [4.78, 5) is 44.4. The Balaban J connectivity index is 1.28. The average molecular weight is 499 g/mol. The van der Waals surface area contributed by atoms with E-state index in [2.05, 4.69) is 43.5 Å². The standard InChI is InChI=1S/C26H34N4O4S/c1-6-34-18-9-7-8-17(14-18)21(31)28-29-22(32)19-15-35-23(27-19)16-10-12-30(13-11-16)24(33)20-25(2,3)26(20,4)5/h7-9,14-16,20H,6,10-13H2,1-5H3,(H,28,31)(H,29,32). The van der Waals surface area contributed by atoms with E-state index in [4.69, 9.17) is 4.74 Å². The second-order valence-corrected chi connectivity index (χ2v) is 11.3. The Morgan fingerprint density at radius 1 is 1.09 bits per heavy atom. The first-order valence-electron chi connectivity index (χ1n) is 12.1. The highest BCUT2D eigenvalue weighted by Gasteiger charge is 2.68. The summed E-state index contributed by atoms with van der Waals surface area (Å²) in [5.41, 5.74) is 5.60. The van der Waals surface area contributed by atoms with E-state index in [1.165, 1.54) is 11.3 Å². The number of carbonyl (C=O) groups excluding carboxylic acids is 3. The highest BCUT2D eigenvalue weighted by atomic mass is 32.1. The van der Waals surface area contributed by atoms with Crippen molar-refractivity contribution in [1.29, 1.82) is 0 Å². The maximum atomic E-state index is 13.0. The van der Waals surface area contributed by atoms with Gasteiger partial charge in [-0.15, -0.1) is 11.3 Å². The summed E-state index contributed by atoms with van der Waals surface area (Å²) in [6.07, 6.45) is 1.67. The topological polar surface area (TPSA) is 101 Å². The molecule has 1 aromatic carbocycles. The molecule has 3 amide bonds. The van der Waals surface area contributed by atoms with Crippen LogP contribution in [0.25, 0.3) is 0 Å². The molecular formula is C26H34N4O4S. The number of nitrogens with one attached hydrogen (secondary N) is 2. The van der Waals surface area contributed by atoms with Gasteiger partial charge < -0.3 is 9.64 Å². The summed E-state index contributed by atoms with van der Waals surface area (Å²) < 4.78 is 5.41. The van der Waals surface area contributed by atoms with Crippen LogP contribution in [0.2, 0.25) is 0 Å². The molecule has 188 valence electrons. The van der Waals surface area contributed by atoms with Gasteiger partial charge in [-0.05, 0) is 48.8 Å². The number of benzene rings is 1. The highest BCUT2D eigenvalue weighted by Crippen LogP contribution is 2.68. The SMILES string of the molecule is CCOc1cccc(C(=O)NNC(=O)c2csc(C3CCN(C(=O)C4C(C)(C)C4(C)C)CC3)n2)c1. The average Bonchev–Trinajstić information content (AvgIpc) is 3.16. The zero-order chi connectivity index (χ0) is 25.4. The number of rotatable bonds is 6. The molecule has 1 aliphatic heterocycles. The minimum absolute atomic E-state index is 0.0417. The van der Waals surface area contributed by atoms with E-state index < -0.39 is 11.8 Å². The summed E-state index contributed by atoms with van der Waals surface area (Å²) in [5, 5.41) is 2.60. The molecule has 0 radical (unpaired) electrons. The molecule has 2 fully saturated rings. The molecule has 9 heteroatoms. The van der Waals surface area contributed by atoms with Crippen LogP contribution in [0, 0.1) is 16.7 Å². The van der Waals surface area contributed by atoms with Crippen molar-refractivity contribution in [1.82, 2.24) is 20.7 Å². The third-order valence-corrected chi connectivity index (χ3v) is 8.88. The molecule has 4 rings (SSSR count). The monoisotopic (exact) mass is 498 g/mol. The van der Waals surface area contributed by atoms with Crippen LogP contribution in [-0.4, -0.2) is 47.3 Å². The van der Waals surface area contributed by atoms with Crippen LogP contribution in [0.4, 0.5) is 0 Å². The lowest BCUT2D eigenvalue weighted by Crippen LogP contribution is -2.41. The molecule has 8 nitrogen and oxygen atoms in total. The Kier molecular flexibility index (Phi) is 6.90. The van der Waals surface area contributed by atoms with Crippen LogP contribution in [-0.2, 0) is 4.79 Å². The van der Waals surface area contributed by atoms with Gasteiger partial charge in [0.25, 0.3) is 11.8 Å². The molecule has 0 unspecified atom stereocenters. The lowest BCUT2D eigenvalue weighted by Gasteiger charge is -2.31. The normalized spacial score (nSPS) is 19.2. The van der Waals surface area contributed by atoms with Gasteiger partial charge >= 0.3 is 0 Å². The van der Waals surface area contributed by atoms with Crippen molar-refractivity contribution in [2.75, 3.05) is 19.7 Å². The fourth-order valence-electron chi connectivity index (χ4n) is 5.07. The second-order valence-electron chi connectivity index (χ2n) is 10.4. The predicted octanol–water partition coefficient (Wildman–Crippen LogP) is 4.00. The van der Waals surface area contributed by atoms with Gasteiger partial charge in [-0.1, -0.05) is 33.8 Å². The van der Waals surface area contributed by atoms with E-state index in [1.807, 2.05) is 11.8 Å². The molecule has 1 aromatic heterocycles. The van der Waals surface area contributed by atoms with Crippen LogP contribution < -0.4 is 15.6 Å². The maximum Gasteiger partial charge on any atom is 0.289 e. The minimum atomic E-state index is -0.465. The third-order valence-electron chi connectivity index (χ3n) is 7.87. The van der Waals surface area contributed by atoms with Crippen molar-refractivity contribution >= 4 is 29.1 Å². The molecule has 0 bridgehead atoms. The Hall–Kier alpha value is -2.94. The van der Waals surface area contributed by atoms with Crippen LogP contribution in [0.5, 0.6) is 5.75 Å². The van der Waals surface area contributed by atoms with E-state index in [0.29, 0.717) is 31.0 Å². The number of hydrogen-bond donors (Lipinski definition) is 2. The van der Waals surface area contributed by atoms with Gasteiger partial charge in [-0.3, -0.25) is 25.2 Å². The zero-order valence-electron chi connectivity index (χ0n) is 21.0. The van der Waals surface area contributed by atoms with Crippen molar-refractivity contribution in [3.05, 3.63) is 45.9 Å². The summed E-state index contributed by atoms with van der Waals surface area (Å²) in [7, 11) is 0. The van der Waals surface area contributed by atoms with Crippen LogP contribution >= 0.6 is 11.3 Å². The number of hydrazine groups is 1. The number of thiazole rings is 1. The number of carbonyl (C=O) groups is 3. The summed E-state index contributed by atoms with van der Waals surface area (Å²) in [6, 6.07) is 6.75. The van der Waals surface area contributed by atoms with Gasteiger partial charge in [0.1, 0.15) is 11.4 Å². The van der Waals surface area contributed by atoms with Crippen LogP contribution in [0.15, 0.2) is 29.6 Å². The summed E-state index contributed by atoms with van der Waals surface area (Å²) >= 11 is 1.45. The van der Waals surface area contributed by atoms with Gasteiger partial charge in [0.2, 0.25) is 5.91 Å². The van der Waals surface area contributed by atoms with Gasteiger partial charge in [-0.25, -0.2) is 4.98 Å². The Morgan fingerprint density at radius 2 is 1.74 bits per heavy atom. The first kappa shape index (κ1) is 25.2. The van der Waals surface area contributed by atoms with Crippen molar-refractivity contribution in [2.45, 2.75) is 53.4 Å². The fourth-order valence-corrected chi connectivity index (χ4v) is 6.04.